The largest absolute Gasteiger partial charge is 0.456 e. The van der Waals surface area contributed by atoms with E-state index in [1.165, 1.54) is 76.2 Å². The quantitative estimate of drug-likeness (QED) is 0.174. The Kier molecular flexibility index (Phi) is 6.89. The molecule has 5 heteroatoms. The zero-order valence-corrected chi connectivity index (χ0v) is 35.0. The minimum atomic E-state index is 0.863. The van der Waals surface area contributed by atoms with Crippen LogP contribution in [0, 0.1) is 0 Å². The van der Waals surface area contributed by atoms with Gasteiger partial charge in [-0.15, -0.1) is 0 Å². The first-order chi connectivity index (χ1) is 32.3. The van der Waals surface area contributed by atoms with Crippen LogP contribution in [-0.4, -0.2) is 18.3 Å². The van der Waals surface area contributed by atoms with Crippen LogP contribution < -0.4 is 0 Å². The number of furan rings is 1. The lowest BCUT2D eigenvalue weighted by Crippen LogP contribution is -1.97. The predicted octanol–water partition coefficient (Wildman–Crippen LogP) is 16.0. The summed E-state index contributed by atoms with van der Waals surface area (Å²) in [4.78, 5) is 0. The molecule has 0 spiro atoms. The van der Waals surface area contributed by atoms with Crippen molar-refractivity contribution in [2.75, 3.05) is 0 Å². The van der Waals surface area contributed by atoms with E-state index >= 15 is 0 Å². The maximum Gasteiger partial charge on any atom is 0.137 e. The Morgan fingerprint density at radius 1 is 0.231 bits per heavy atom. The minimum absolute atomic E-state index is 0.863. The van der Waals surface area contributed by atoms with Gasteiger partial charge >= 0.3 is 0 Å². The number of benzene rings is 10. The molecule has 0 aliphatic rings. The van der Waals surface area contributed by atoms with E-state index < -0.39 is 0 Å². The van der Waals surface area contributed by atoms with Crippen LogP contribution in [0.2, 0.25) is 0 Å². The van der Waals surface area contributed by atoms with Crippen molar-refractivity contribution in [1.82, 2.24) is 18.3 Å². The molecular formula is C60H36N4O. The van der Waals surface area contributed by atoms with Crippen molar-refractivity contribution in [3.8, 4) is 22.7 Å². The Hall–Kier alpha value is -8.80. The van der Waals surface area contributed by atoms with Crippen molar-refractivity contribution < 1.29 is 4.42 Å². The average molecular weight is 829 g/mol. The fourth-order valence-electron chi connectivity index (χ4n) is 11.3. The Labute approximate surface area is 371 Å². The molecule has 0 saturated heterocycles. The monoisotopic (exact) mass is 828 g/mol. The number of hydrogen-bond donors (Lipinski definition) is 0. The molecule has 302 valence electrons. The molecule has 0 radical (unpaired) electrons. The molecular weight excluding hydrogens is 793 g/mol. The summed E-state index contributed by atoms with van der Waals surface area (Å²) in [6.07, 6.45) is 0. The number of nitrogens with zero attached hydrogens (tertiary/aromatic N) is 4. The fraction of sp³-hybridized carbons (Fsp3) is 0. The van der Waals surface area contributed by atoms with Gasteiger partial charge in [0.2, 0.25) is 0 Å². The molecule has 0 unspecified atom stereocenters. The summed E-state index contributed by atoms with van der Waals surface area (Å²) in [6.45, 7) is 0. The van der Waals surface area contributed by atoms with Crippen LogP contribution in [-0.2, 0) is 0 Å². The van der Waals surface area contributed by atoms with Crippen LogP contribution in [0.3, 0.4) is 0 Å². The van der Waals surface area contributed by atoms with E-state index in [1.54, 1.807) is 0 Å². The lowest BCUT2D eigenvalue weighted by molar-refractivity contribution is 0.668. The molecule has 0 saturated carbocycles. The summed E-state index contributed by atoms with van der Waals surface area (Å²) >= 11 is 0. The third kappa shape index (κ3) is 4.71. The normalized spacial score (nSPS) is 12.3. The SMILES string of the molecule is c1cc(-n2c3ccccc3c3cc(-n4c5ccccc5c5cc(-n6c7ccccc7c7ccccc76)ccc54)ccc32)c2c(c1)oc1cc(-n3c4ccccc4c4ccccc43)ccc12. The summed E-state index contributed by atoms with van der Waals surface area (Å²) in [6, 6.07) is 79.4. The van der Waals surface area contributed by atoms with Crippen LogP contribution in [0.5, 0.6) is 0 Å². The topological polar surface area (TPSA) is 32.9 Å². The van der Waals surface area contributed by atoms with Crippen molar-refractivity contribution in [2.24, 2.45) is 0 Å². The molecule has 15 aromatic rings. The average Bonchev–Trinajstić information content (AvgIpc) is 4.16. The second-order valence-electron chi connectivity index (χ2n) is 17.3. The molecule has 0 aliphatic heterocycles. The highest BCUT2D eigenvalue weighted by atomic mass is 16.3. The lowest BCUT2D eigenvalue weighted by Gasteiger charge is -2.12. The summed E-state index contributed by atoms with van der Waals surface area (Å²) in [5, 5.41) is 12.1. The van der Waals surface area contributed by atoms with Gasteiger partial charge in [0, 0.05) is 71.6 Å². The van der Waals surface area contributed by atoms with Gasteiger partial charge in [-0.1, -0.05) is 115 Å². The van der Waals surface area contributed by atoms with Crippen molar-refractivity contribution in [3.63, 3.8) is 0 Å². The molecule has 65 heavy (non-hydrogen) atoms. The molecule has 0 atom stereocenters. The first kappa shape index (κ1) is 34.7. The number of aromatic nitrogens is 4. The number of para-hydroxylation sites is 6. The van der Waals surface area contributed by atoms with Crippen molar-refractivity contribution in [2.45, 2.75) is 0 Å². The van der Waals surface area contributed by atoms with Crippen LogP contribution in [0.15, 0.2) is 223 Å². The van der Waals surface area contributed by atoms with E-state index in [4.69, 9.17) is 4.42 Å². The van der Waals surface area contributed by atoms with E-state index in [0.717, 1.165) is 55.7 Å². The molecule has 5 aromatic heterocycles. The van der Waals surface area contributed by atoms with Gasteiger partial charge in [-0.25, -0.2) is 0 Å². The van der Waals surface area contributed by atoms with Gasteiger partial charge < -0.3 is 22.7 Å². The van der Waals surface area contributed by atoms with Crippen LogP contribution >= 0.6 is 0 Å². The Morgan fingerprint density at radius 2 is 0.585 bits per heavy atom. The van der Waals surface area contributed by atoms with Gasteiger partial charge in [-0.05, 0) is 97.1 Å². The zero-order valence-electron chi connectivity index (χ0n) is 35.0. The van der Waals surface area contributed by atoms with Crippen LogP contribution in [0.4, 0.5) is 0 Å². The van der Waals surface area contributed by atoms with Gasteiger partial charge in [0.1, 0.15) is 11.2 Å². The van der Waals surface area contributed by atoms with E-state index in [2.05, 4.69) is 237 Å². The molecule has 10 aromatic carbocycles. The third-order valence-corrected chi connectivity index (χ3v) is 13.9. The molecule has 5 nitrogen and oxygen atoms in total. The van der Waals surface area contributed by atoms with E-state index in [0.29, 0.717) is 0 Å². The second kappa shape index (κ2) is 12.9. The molecule has 0 amide bonds. The Balaban J connectivity index is 0.915. The molecule has 5 heterocycles. The standard InChI is InChI=1S/C60H36N4O/c1-7-20-49-40(14-1)41-15-2-8-21-50(41)61(49)37-29-32-55-47(34-37)44-18-5-11-24-53(44)62(55)38-30-33-56-48(35-38)45-19-6-12-25-54(45)64(56)57-26-13-27-58-60(57)46-31-28-39(36-59(46)65-58)63-51-22-9-3-16-42(51)43-17-4-10-23-52(43)63/h1-36H. The van der Waals surface area contributed by atoms with Crippen molar-refractivity contribution in [3.05, 3.63) is 218 Å². The van der Waals surface area contributed by atoms with Crippen molar-refractivity contribution >= 4 is 109 Å². The summed E-state index contributed by atoms with van der Waals surface area (Å²) in [5.41, 5.74) is 15.6. The minimum Gasteiger partial charge on any atom is -0.456 e. The van der Waals surface area contributed by atoms with Gasteiger partial charge in [-0.2, -0.15) is 0 Å². The highest BCUT2D eigenvalue weighted by molar-refractivity contribution is 6.17. The highest BCUT2D eigenvalue weighted by Crippen LogP contribution is 2.42. The third-order valence-electron chi connectivity index (χ3n) is 13.9. The summed E-state index contributed by atoms with van der Waals surface area (Å²) in [7, 11) is 0. The van der Waals surface area contributed by atoms with Gasteiger partial charge in [-0.3, -0.25) is 0 Å². The van der Waals surface area contributed by atoms with E-state index in [1.807, 2.05) is 0 Å². The van der Waals surface area contributed by atoms with Crippen molar-refractivity contribution in [1.29, 1.82) is 0 Å². The lowest BCUT2D eigenvalue weighted by atomic mass is 10.1. The first-order valence-corrected chi connectivity index (χ1v) is 22.3. The fourth-order valence-corrected chi connectivity index (χ4v) is 11.3. The summed E-state index contributed by atoms with van der Waals surface area (Å²) in [5.74, 6) is 0. The molecule has 0 N–H and O–H groups in total. The van der Waals surface area contributed by atoms with Crippen LogP contribution in [0.25, 0.3) is 132 Å². The van der Waals surface area contributed by atoms with Gasteiger partial charge in [0.25, 0.3) is 0 Å². The molecule has 0 fully saturated rings. The van der Waals surface area contributed by atoms with E-state index in [9.17, 15) is 0 Å². The Bertz CT molecular complexity index is 4380. The van der Waals surface area contributed by atoms with E-state index in [-0.39, 0.29) is 0 Å². The van der Waals surface area contributed by atoms with Gasteiger partial charge in [0.15, 0.2) is 0 Å². The van der Waals surface area contributed by atoms with Gasteiger partial charge in [0.05, 0.1) is 55.2 Å². The zero-order chi connectivity index (χ0) is 42.3. The molecule has 15 rings (SSSR count). The highest BCUT2D eigenvalue weighted by Gasteiger charge is 2.21. The van der Waals surface area contributed by atoms with Crippen LogP contribution in [0.1, 0.15) is 0 Å². The molecule has 0 bridgehead atoms. The molecule has 0 aliphatic carbocycles. The summed E-state index contributed by atoms with van der Waals surface area (Å²) < 4.78 is 16.4. The smallest absolute Gasteiger partial charge is 0.137 e. The number of rotatable bonds is 4. The Morgan fingerprint density at radius 3 is 1.05 bits per heavy atom. The first-order valence-electron chi connectivity index (χ1n) is 22.3. The predicted molar refractivity (Wildman–Crippen MR) is 271 cm³/mol. The number of fused-ring (bicyclic) bond motifs is 15. The maximum atomic E-state index is 6.77. The maximum absolute atomic E-state index is 6.77. The second-order valence-corrected chi connectivity index (χ2v) is 17.3. The number of hydrogen-bond acceptors (Lipinski definition) is 1.